The van der Waals surface area contributed by atoms with Crippen molar-refractivity contribution in [3.8, 4) is 0 Å². The number of hydrogen-bond acceptors (Lipinski definition) is 2. The highest BCUT2D eigenvalue weighted by Gasteiger charge is 2.14. The minimum atomic E-state index is 1.23. The van der Waals surface area contributed by atoms with Gasteiger partial charge in [0.25, 0.3) is 5.01 Å². The van der Waals surface area contributed by atoms with Crippen LogP contribution in [-0.2, 0) is 7.05 Å². The van der Waals surface area contributed by atoms with Crippen molar-refractivity contribution in [3.63, 3.8) is 0 Å². The third-order valence-corrected chi connectivity index (χ3v) is 4.23. The topological polar surface area (TPSA) is 7.12 Å². The summed E-state index contributed by atoms with van der Waals surface area (Å²) in [6.07, 6.45) is 10.6. The molecule has 0 saturated heterocycles. The maximum atomic E-state index is 2.24. The number of thiazole rings is 1. The van der Waals surface area contributed by atoms with Gasteiger partial charge in [-0.05, 0) is 23.8 Å². The van der Waals surface area contributed by atoms with Gasteiger partial charge < -0.3 is 4.90 Å². The fourth-order valence-electron chi connectivity index (χ4n) is 2.00. The number of aromatic nitrogens is 1. The molecule has 1 aliphatic rings. The maximum Gasteiger partial charge on any atom is 0.263 e. The number of fused-ring (bicyclic) bond motifs is 1. The number of rotatable bonds is 1. The maximum absolute atomic E-state index is 2.24. The van der Waals surface area contributed by atoms with Crippen LogP contribution in [0.1, 0.15) is 5.01 Å². The third-order valence-electron chi connectivity index (χ3n) is 3.07. The van der Waals surface area contributed by atoms with Gasteiger partial charge in [0.15, 0.2) is 0 Å². The molecule has 0 unspecified atom stereocenters. The molecule has 18 heavy (non-hydrogen) atoms. The number of aryl methyl sites for hydroxylation is 1. The molecule has 0 N–H and O–H groups in total. The second-order valence-corrected chi connectivity index (χ2v) is 5.47. The third kappa shape index (κ3) is 1.97. The Morgan fingerprint density at radius 2 is 1.89 bits per heavy atom. The van der Waals surface area contributed by atoms with Crippen LogP contribution < -0.4 is 4.57 Å². The molecule has 1 aromatic carbocycles. The summed E-state index contributed by atoms with van der Waals surface area (Å²) in [4.78, 5) is 2.04. The molecule has 2 heterocycles. The van der Waals surface area contributed by atoms with Crippen LogP contribution >= 0.6 is 11.3 Å². The van der Waals surface area contributed by atoms with Gasteiger partial charge in [0, 0.05) is 31.6 Å². The molecule has 0 amide bonds. The zero-order valence-corrected chi connectivity index (χ0v) is 11.3. The van der Waals surface area contributed by atoms with E-state index in [2.05, 4.69) is 66.5 Å². The van der Waals surface area contributed by atoms with Crippen molar-refractivity contribution in [3.05, 3.63) is 59.4 Å². The van der Waals surface area contributed by atoms with E-state index in [1.165, 1.54) is 20.8 Å². The summed E-state index contributed by atoms with van der Waals surface area (Å²) in [7, 11) is 4.15. The predicted octanol–water partition coefficient (Wildman–Crippen LogP) is 3.08. The van der Waals surface area contributed by atoms with Crippen molar-refractivity contribution in [2.75, 3.05) is 7.05 Å². The highest BCUT2D eigenvalue weighted by atomic mass is 32.1. The first-order chi connectivity index (χ1) is 8.74. The van der Waals surface area contributed by atoms with Gasteiger partial charge in [-0.2, -0.15) is 4.57 Å². The predicted molar refractivity (Wildman–Crippen MR) is 77.0 cm³/mol. The molecule has 3 heteroatoms. The molecule has 0 spiro atoms. The minimum absolute atomic E-state index is 1.23. The summed E-state index contributed by atoms with van der Waals surface area (Å²) < 4.78 is 3.57. The van der Waals surface area contributed by atoms with E-state index in [-0.39, 0.29) is 0 Å². The zero-order valence-electron chi connectivity index (χ0n) is 10.5. The molecule has 3 rings (SSSR count). The van der Waals surface area contributed by atoms with Crippen LogP contribution in [0, 0.1) is 0 Å². The molecule has 0 fully saturated rings. The highest BCUT2D eigenvalue weighted by molar-refractivity contribution is 7.18. The lowest BCUT2D eigenvalue weighted by molar-refractivity contribution is -0.642. The van der Waals surface area contributed by atoms with Gasteiger partial charge in [0.05, 0.1) is 0 Å². The largest absolute Gasteiger partial charge is 0.357 e. The molecular formula is C15H15N2S+. The lowest BCUT2D eigenvalue weighted by Gasteiger charge is -2.10. The Morgan fingerprint density at radius 1 is 1.17 bits per heavy atom. The number of benzene rings is 1. The Kier molecular flexibility index (Phi) is 2.76. The average molecular weight is 255 g/mol. The van der Waals surface area contributed by atoms with E-state index in [0.717, 1.165) is 0 Å². The lowest BCUT2D eigenvalue weighted by Crippen LogP contribution is -2.28. The summed E-state index contributed by atoms with van der Waals surface area (Å²) in [5.41, 5.74) is 2.52. The highest BCUT2D eigenvalue weighted by Crippen LogP contribution is 2.22. The minimum Gasteiger partial charge on any atom is -0.357 e. The Balaban J connectivity index is 2.06. The summed E-state index contributed by atoms with van der Waals surface area (Å²) in [5.74, 6) is 0. The number of nitrogens with zero attached hydrogens (tertiary/aromatic N) is 2. The van der Waals surface area contributed by atoms with Gasteiger partial charge in [-0.25, -0.2) is 0 Å². The summed E-state index contributed by atoms with van der Waals surface area (Å²) in [5, 5.41) is 1.27. The van der Waals surface area contributed by atoms with E-state index >= 15 is 0 Å². The Hall–Kier alpha value is -1.87. The molecule has 1 aliphatic heterocycles. The SMILES string of the molecule is CN1C=CC(=Cc2sc3ccccc3[n+]2C)C=C1. The average Bonchev–Trinajstić information content (AvgIpc) is 2.70. The summed E-state index contributed by atoms with van der Waals surface area (Å²) in [6, 6.07) is 8.50. The van der Waals surface area contributed by atoms with Crippen LogP contribution in [0.2, 0.25) is 0 Å². The fourth-order valence-corrected chi connectivity index (χ4v) is 3.11. The number of allylic oxidation sites excluding steroid dienone is 3. The van der Waals surface area contributed by atoms with Gasteiger partial charge >= 0.3 is 0 Å². The lowest BCUT2D eigenvalue weighted by atomic mass is 10.2. The number of hydrogen-bond donors (Lipinski definition) is 0. The van der Waals surface area contributed by atoms with Gasteiger partial charge in [-0.3, -0.25) is 0 Å². The van der Waals surface area contributed by atoms with Crippen molar-refractivity contribution in [2.24, 2.45) is 7.05 Å². The first-order valence-electron chi connectivity index (χ1n) is 5.92. The van der Waals surface area contributed by atoms with Crippen LogP contribution in [0.4, 0.5) is 0 Å². The van der Waals surface area contributed by atoms with E-state index < -0.39 is 0 Å². The van der Waals surface area contributed by atoms with Crippen molar-refractivity contribution in [1.29, 1.82) is 0 Å². The van der Waals surface area contributed by atoms with Gasteiger partial charge in [0.1, 0.15) is 11.7 Å². The van der Waals surface area contributed by atoms with Crippen molar-refractivity contribution < 1.29 is 4.57 Å². The first-order valence-corrected chi connectivity index (χ1v) is 6.73. The van der Waals surface area contributed by atoms with E-state index in [9.17, 15) is 0 Å². The molecular weight excluding hydrogens is 240 g/mol. The standard InChI is InChI=1S/C15H15N2S/c1-16-9-7-12(8-10-16)11-15-17(2)13-5-3-4-6-14(13)18-15/h3-11H,1-2H3/q+1. The second kappa shape index (κ2) is 4.42. The monoisotopic (exact) mass is 255 g/mol. The van der Waals surface area contributed by atoms with Crippen LogP contribution in [0.3, 0.4) is 0 Å². The van der Waals surface area contributed by atoms with Crippen molar-refractivity contribution in [2.45, 2.75) is 0 Å². The van der Waals surface area contributed by atoms with E-state index in [4.69, 9.17) is 0 Å². The molecule has 0 saturated carbocycles. The van der Waals surface area contributed by atoms with Gasteiger partial charge in [0.2, 0.25) is 5.52 Å². The normalized spacial score (nSPS) is 14.6. The Labute approximate surface area is 111 Å². The zero-order chi connectivity index (χ0) is 12.5. The molecule has 1 aromatic heterocycles. The Bertz CT molecular complexity index is 661. The molecule has 0 atom stereocenters. The van der Waals surface area contributed by atoms with Crippen molar-refractivity contribution >= 4 is 27.6 Å². The van der Waals surface area contributed by atoms with E-state index in [1.54, 1.807) is 0 Å². The van der Waals surface area contributed by atoms with E-state index in [1.807, 2.05) is 23.3 Å². The van der Waals surface area contributed by atoms with Crippen LogP contribution in [-0.4, -0.2) is 11.9 Å². The second-order valence-electron chi connectivity index (χ2n) is 4.41. The first kappa shape index (κ1) is 11.2. The molecule has 2 nitrogen and oxygen atoms in total. The molecule has 2 aromatic rings. The smallest absolute Gasteiger partial charge is 0.263 e. The molecule has 0 bridgehead atoms. The fraction of sp³-hybridized carbons (Fsp3) is 0.133. The quantitative estimate of drug-likeness (QED) is 0.710. The molecule has 90 valence electrons. The van der Waals surface area contributed by atoms with Gasteiger partial charge in [-0.1, -0.05) is 23.5 Å². The van der Waals surface area contributed by atoms with Crippen LogP contribution in [0.15, 0.2) is 54.4 Å². The van der Waals surface area contributed by atoms with E-state index in [0.29, 0.717) is 0 Å². The molecule has 0 aliphatic carbocycles. The van der Waals surface area contributed by atoms with Crippen molar-refractivity contribution in [1.82, 2.24) is 4.90 Å². The number of para-hydroxylation sites is 1. The molecule has 0 radical (unpaired) electrons. The van der Waals surface area contributed by atoms with Crippen LogP contribution in [0.25, 0.3) is 16.3 Å². The van der Waals surface area contributed by atoms with Gasteiger partial charge in [-0.15, -0.1) is 0 Å². The Morgan fingerprint density at radius 3 is 2.61 bits per heavy atom. The van der Waals surface area contributed by atoms with Crippen LogP contribution in [0.5, 0.6) is 0 Å². The summed E-state index contributed by atoms with van der Waals surface area (Å²) >= 11 is 1.82. The summed E-state index contributed by atoms with van der Waals surface area (Å²) in [6.45, 7) is 0.